The van der Waals surface area contributed by atoms with Crippen molar-refractivity contribution >= 4 is 5.91 Å². The quantitative estimate of drug-likeness (QED) is 0.827. The molecule has 2 heterocycles. The molecule has 0 bridgehead atoms. The molecule has 0 N–H and O–H groups in total. The fraction of sp³-hybridized carbons (Fsp3) is 0.611. The summed E-state index contributed by atoms with van der Waals surface area (Å²) >= 11 is 0. The van der Waals surface area contributed by atoms with E-state index in [1.807, 2.05) is 30.9 Å². The lowest BCUT2D eigenvalue weighted by atomic mass is 9.72. The summed E-state index contributed by atoms with van der Waals surface area (Å²) in [6.07, 6.45) is 0. The van der Waals surface area contributed by atoms with Crippen LogP contribution in [0.5, 0.6) is 5.75 Å². The monoisotopic (exact) mass is 338 g/mol. The number of hydrogen-bond acceptors (Lipinski definition) is 3. The van der Waals surface area contributed by atoms with Crippen molar-refractivity contribution in [2.75, 3.05) is 26.2 Å². The maximum Gasteiger partial charge on any atom is 0.387 e. The van der Waals surface area contributed by atoms with Crippen LogP contribution >= 0.6 is 0 Å². The number of carbonyl (C=O) groups excluding carboxylic acids is 1. The molecule has 2 fully saturated rings. The number of hydrogen-bond donors (Lipinski definition) is 0. The lowest BCUT2D eigenvalue weighted by Gasteiger charge is -2.60. The van der Waals surface area contributed by atoms with Gasteiger partial charge >= 0.3 is 6.61 Å². The minimum atomic E-state index is -2.82. The Bertz CT molecular complexity index is 619. The van der Waals surface area contributed by atoms with E-state index in [1.54, 1.807) is 13.0 Å². The Labute approximate surface area is 141 Å². The van der Waals surface area contributed by atoms with Crippen molar-refractivity contribution in [1.82, 2.24) is 9.80 Å². The van der Waals surface area contributed by atoms with Crippen molar-refractivity contribution in [3.05, 3.63) is 29.3 Å². The Hall–Kier alpha value is -1.69. The van der Waals surface area contributed by atoms with Gasteiger partial charge in [-0.1, -0.05) is 26.0 Å². The third kappa shape index (κ3) is 3.38. The molecule has 0 radical (unpaired) electrons. The highest BCUT2D eigenvalue weighted by Gasteiger charge is 2.52. The zero-order valence-corrected chi connectivity index (χ0v) is 14.4. The molecular formula is C18H24F2N2O2. The predicted octanol–water partition coefficient (Wildman–Crippen LogP) is 3.08. The third-order valence-electron chi connectivity index (χ3n) is 4.98. The summed E-state index contributed by atoms with van der Waals surface area (Å²) in [7, 11) is 0. The van der Waals surface area contributed by atoms with Crippen LogP contribution in [0.3, 0.4) is 0 Å². The van der Waals surface area contributed by atoms with Crippen LogP contribution in [0.25, 0.3) is 0 Å². The topological polar surface area (TPSA) is 32.8 Å². The van der Waals surface area contributed by atoms with Crippen LogP contribution < -0.4 is 4.74 Å². The first kappa shape index (κ1) is 17.1. The smallest absolute Gasteiger partial charge is 0.387 e. The van der Waals surface area contributed by atoms with Crippen molar-refractivity contribution in [3.63, 3.8) is 0 Å². The van der Waals surface area contributed by atoms with Gasteiger partial charge in [-0.3, -0.25) is 9.69 Å². The summed E-state index contributed by atoms with van der Waals surface area (Å²) in [5.41, 5.74) is 2.00. The molecule has 3 rings (SSSR count). The van der Waals surface area contributed by atoms with E-state index in [-0.39, 0.29) is 23.0 Å². The van der Waals surface area contributed by atoms with E-state index in [4.69, 9.17) is 4.74 Å². The molecule has 4 nitrogen and oxygen atoms in total. The predicted molar refractivity (Wildman–Crippen MR) is 87.1 cm³/mol. The molecule has 0 aromatic heterocycles. The van der Waals surface area contributed by atoms with E-state index >= 15 is 0 Å². The van der Waals surface area contributed by atoms with Gasteiger partial charge in [-0.15, -0.1) is 0 Å². The molecule has 1 aromatic rings. The van der Waals surface area contributed by atoms with Crippen LogP contribution in [0.4, 0.5) is 8.78 Å². The number of benzene rings is 1. The number of likely N-dealkylation sites (tertiary alicyclic amines) is 2. The molecule has 1 amide bonds. The maximum atomic E-state index is 12.7. The lowest BCUT2D eigenvalue weighted by molar-refractivity contribution is -0.157. The van der Waals surface area contributed by atoms with Crippen LogP contribution in [0.2, 0.25) is 0 Å². The van der Waals surface area contributed by atoms with Gasteiger partial charge in [-0.2, -0.15) is 8.78 Å². The van der Waals surface area contributed by atoms with Gasteiger partial charge in [-0.25, -0.2) is 0 Å². The van der Waals surface area contributed by atoms with Crippen molar-refractivity contribution in [2.45, 2.75) is 39.8 Å². The second kappa shape index (κ2) is 6.31. The van der Waals surface area contributed by atoms with E-state index in [0.717, 1.165) is 37.3 Å². The molecule has 2 aliphatic rings. The van der Waals surface area contributed by atoms with Gasteiger partial charge in [-0.05, 0) is 17.5 Å². The van der Waals surface area contributed by atoms with Crippen LogP contribution in [0.15, 0.2) is 18.2 Å². The molecule has 0 atom stereocenters. The SMILES string of the molecule is CC(=O)N1CC2(CN(Cc3ccc(C(C)C)cc3OC(F)F)C2)C1. The van der Waals surface area contributed by atoms with Crippen molar-refractivity contribution < 1.29 is 18.3 Å². The van der Waals surface area contributed by atoms with E-state index in [1.165, 1.54) is 0 Å². The second-order valence-corrected chi connectivity index (χ2v) is 7.42. The van der Waals surface area contributed by atoms with Gasteiger partial charge in [0.2, 0.25) is 5.91 Å². The summed E-state index contributed by atoms with van der Waals surface area (Å²) < 4.78 is 30.1. The summed E-state index contributed by atoms with van der Waals surface area (Å²) in [4.78, 5) is 15.4. The fourth-order valence-corrected chi connectivity index (χ4v) is 3.71. The highest BCUT2D eigenvalue weighted by molar-refractivity contribution is 5.74. The number of alkyl halides is 2. The van der Waals surface area contributed by atoms with Crippen molar-refractivity contribution in [3.8, 4) is 5.75 Å². The van der Waals surface area contributed by atoms with Gasteiger partial charge in [0.05, 0.1) is 0 Å². The van der Waals surface area contributed by atoms with E-state index in [9.17, 15) is 13.6 Å². The number of rotatable bonds is 5. The zero-order chi connectivity index (χ0) is 17.5. The first-order valence-corrected chi connectivity index (χ1v) is 8.33. The van der Waals surface area contributed by atoms with Gasteiger partial charge in [0.25, 0.3) is 0 Å². The standard InChI is InChI=1S/C18H24F2N2O2/c1-12(2)14-4-5-15(16(6-14)24-17(19)20)7-21-8-18(9-21)10-22(11-18)13(3)23/h4-6,12,17H,7-11H2,1-3H3. The van der Waals surface area contributed by atoms with E-state index in [2.05, 4.69) is 4.90 Å². The summed E-state index contributed by atoms with van der Waals surface area (Å²) in [6.45, 7) is 6.85. The van der Waals surface area contributed by atoms with Crippen LogP contribution in [0.1, 0.15) is 37.8 Å². The normalized spacial score (nSPS) is 19.5. The first-order chi connectivity index (χ1) is 11.3. The third-order valence-corrected chi connectivity index (χ3v) is 4.98. The minimum Gasteiger partial charge on any atom is -0.434 e. The van der Waals surface area contributed by atoms with Crippen LogP contribution in [0, 0.1) is 5.41 Å². The average molecular weight is 338 g/mol. The van der Waals surface area contributed by atoms with Gasteiger partial charge in [0.1, 0.15) is 5.75 Å². The Morgan fingerprint density at radius 3 is 2.46 bits per heavy atom. The Morgan fingerprint density at radius 1 is 1.25 bits per heavy atom. The Morgan fingerprint density at radius 2 is 1.92 bits per heavy atom. The molecule has 6 heteroatoms. The number of ether oxygens (including phenoxy) is 1. The molecule has 0 aliphatic carbocycles. The zero-order valence-electron chi connectivity index (χ0n) is 14.4. The second-order valence-electron chi connectivity index (χ2n) is 7.42. The molecule has 132 valence electrons. The highest BCUT2D eigenvalue weighted by atomic mass is 19.3. The average Bonchev–Trinajstić information content (AvgIpc) is 2.39. The fourth-order valence-electron chi connectivity index (χ4n) is 3.71. The Balaban J connectivity index is 1.62. The number of amides is 1. The van der Waals surface area contributed by atoms with Gasteiger partial charge in [0, 0.05) is 50.6 Å². The molecule has 1 spiro atoms. The summed E-state index contributed by atoms with van der Waals surface area (Å²) in [5.74, 6) is 0.658. The van der Waals surface area contributed by atoms with Crippen LogP contribution in [-0.4, -0.2) is 48.5 Å². The van der Waals surface area contributed by atoms with Crippen molar-refractivity contribution in [2.24, 2.45) is 5.41 Å². The van der Waals surface area contributed by atoms with Gasteiger partial charge in [0.15, 0.2) is 0 Å². The lowest BCUT2D eigenvalue weighted by Crippen LogP contribution is -2.72. The minimum absolute atomic E-state index is 0.121. The van der Waals surface area contributed by atoms with Crippen LogP contribution in [-0.2, 0) is 11.3 Å². The molecule has 2 saturated heterocycles. The highest BCUT2D eigenvalue weighted by Crippen LogP contribution is 2.41. The van der Waals surface area contributed by atoms with Gasteiger partial charge < -0.3 is 9.64 Å². The molecule has 2 aliphatic heterocycles. The molecular weight excluding hydrogens is 314 g/mol. The molecule has 0 saturated carbocycles. The summed E-state index contributed by atoms with van der Waals surface area (Å²) in [5, 5.41) is 0. The Kier molecular flexibility index (Phi) is 4.51. The maximum absolute atomic E-state index is 12.7. The summed E-state index contributed by atoms with van der Waals surface area (Å²) in [6, 6.07) is 5.60. The molecule has 1 aromatic carbocycles. The van der Waals surface area contributed by atoms with Crippen molar-refractivity contribution in [1.29, 1.82) is 0 Å². The molecule has 0 unspecified atom stereocenters. The number of halogens is 2. The number of nitrogens with zero attached hydrogens (tertiary/aromatic N) is 2. The van der Waals surface area contributed by atoms with E-state index in [0.29, 0.717) is 6.54 Å². The molecule has 24 heavy (non-hydrogen) atoms. The first-order valence-electron chi connectivity index (χ1n) is 8.33. The van der Waals surface area contributed by atoms with E-state index < -0.39 is 6.61 Å². The largest absolute Gasteiger partial charge is 0.434 e. The number of carbonyl (C=O) groups is 1.